The molecule has 3 N–H and O–H groups in total. The van der Waals surface area contributed by atoms with Crippen LogP contribution in [0.15, 0.2) is 36.4 Å². The van der Waals surface area contributed by atoms with Crippen LogP contribution in [0, 0.1) is 15.2 Å². The van der Waals surface area contributed by atoms with Crippen LogP contribution in [0.25, 0.3) is 0 Å². The van der Waals surface area contributed by atoms with Crippen molar-refractivity contribution >= 4 is 22.6 Å². The summed E-state index contributed by atoms with van der Waals surface area (Å²) >= 11 is 2.06. The highest BCUT2D eigenvalue weighted by Crippen LogP contribution is 2.25. The molecule has 6 heteroatoms. The average molecular weight is 404 g/mol. The van der Waals surface area contributed by atoms with Crippen LogP contribution in [0.2, 0.25) is 0 Å². The standard InChI is InChI=1S/C15H15F2IN2O/c1-21-15-5-2-9(6-12(15)17)7-14(20-19)11-4-3-10(16)8-13(11)18/h2-6,8,14,20H,7,19H2,1H3. The molecule has 0 radical (unpaired) electrons. The first-order valence-electron chi connectivity index (χ1n) is 6.28. The normalized spacial score (nSPS) is 12.2. The van der Waals surface area contributed by atoms with Gasteiger partial charge in [-0.3, -0.25) is 11.3 Å². The molecule has 21 heavy (non-hydrogen) atoms. The summed E-state index contributed by atoms with van der Waals surface area (Å²) in [7, 11) is 1.42. The van der Waals surface area contributed by atoms with Gasteiger partial charge in [0.15, 0.2) is 11.6 Å². The third-order valence-electron chi connectivity index (χ3n) is 3.20. The van der Waals surface area contributed by atoms with Crippen molar-refractivity contribution in [3.63, 3.8) is 0 Å². The number of nitrogens with one attached hydrogen (secondary N) is 1. The third-order valence-corrected chi connectivity index (χ3v) is 4.13. The molecular formula is C15H15F2IN2O. The number of rotatable bonds is 5. The summed E-state index contributed by atoms with van der Waals surface area (Å²) in [6, 6.07) is 9.05. The van der Waals surface area contributed by atoms with Gasteiger partial charge in [-0.15, -0.1) is 0 Å². The van der Waals surface area contributed by atoms with Crippen molar-refractivity contribution in [3.05, 3.63) is 62.7 Å². The molecule has 0 fully saturated rings. The molecule has 0 saturated heterocycles. The van der Waals surface area contributed by atoms with E-state index in [1.807, 2.05) is 0 Å². The Labute approximate surface area is 135 Å². The monoisotopic (exact) mass is 404 g/mol. The number of benzene rings is 2. The molecule has 2 rings (SSSR count). The van der Waals surface area contributed by atoms with E-state index >= 15 is 0 Å². The van der Waals surface area contributed by atoms with Crippen LogP contribution in [0.3, 0.4) is 0 Å². The molecule has 0 bridgehead atoms. The van der Waals surface area contributed by atoms with Crippen LogP contribution in [0.5, 0.6) is 5.75 Å². The number of nitrogens with two attached hydrogens (primary N) is 1. The Morgan fingerprint density at radius 3 is 2.57 bits per heavy atom. The molecular weight excluding hydrogens is 389 g/mol. The van der Waals surface area contributed by atoms with Gasteiger partial charge in [0.25, 0.3) is 0 Å². The summed E-state index contributed by atoms with van der Waals surface area (Å²) in [5, 5.41) is 0. The first-order chi connectivity index (χ1) is 10.0. The lowest BCUT2D eigenvalue weighted by Crippen LogP contribution is -2.30. The van der Waals surface area contributed by atoms with E-state index in [1.54, 1.807) is 18.2 Å². The Morgan fingerprint density at radius 1 is 1.24 bits per heavy atom. The van der Waals surface area contributed by atoms with Gasteiger partial charge in [0.2, 0.25) is 0 Å². The summed E-state index contributed by atoms with van der Waals surface area (Å²) in [4.78, 5) is 0. The fraction of sp³-hybridized carbons (Fsp3) is 0.200. The summed E-state index contributed by atoms with van der Waals surface area (Å²) in [6.45, 7) is 0. The first kappa shape index (κ1) is 16.1. The lowest BCUT2D eigenvalue weighted by atomic mass is 9.99. The highest BCUT2D eigenvalue weighted by Gasteiger charge is 2.15. The summed E-state index contributed by atoms with van der Waals surface area (Å²) in [5.41, 5.74) is 4.34. The van der Waals surface area contributed by atoms with Crippen LogP contribution in [-0.4, -0.2) is 7.11 Å². The topological polar surface area (TPSA) is 47.3 Å². The number of hydrazine groups is 1. The maximum Gasteiger partial charge on any atom is 0.165 e. The van der Waals surface area contributed by atoms with E-state index in [4.69, 9.17) is 10.6 Å². The predicted octanol–water partition coefficient (Wildman–Crippen LogP) is 3.33. The lowest BCUT2D eigenvalue weighted by molar-refractivity contribution is 0.386. The molecule has 0 spiro atoms. The maximum atomic E-state index is 13.7. The number of hydrogen-bond acceptors (Lipinski definition) is 3. The van der Waals surface area contributed by atoms with E-state index in [9.17, 15) is 8.78 Å². The zero-order valence-electron chi connectivity index (χ0n) is 11.4. The average Bonchev–Trinajstić information content (AvgIpc) is 2.45. The van der Waals surface area contributed by atoms with Crippen molar-refractivity contribution < 1.29 is 13.5 Å². The van der Waals surface area contributed by atoms with Gasteiger partial charge < -0.3 is 4.74 Å². The molecule has 0 aliphatic heterocycles. The van der Waals surface area contributed by atoms with Gasteiger partial charge in [-0.2, -0.15) is 0 Å². The molecule has 112 valence electrons. The molecule has 0 aliphatic carbocycles. The second kappa shape index (κ2) is 7.15. The Morgan fingerprint density at radius 2 is 2.00 bits per heavy atom. The lowest BCUT2D eigenvalue weighted by Gasteiger charge is -2.18. The van der Waals surface area contributed by atoms with Gasteiger partial charge in [0.05, 0.1) is 13.2 Å². The largest absolute Gasteiger partial charge is 0.494 e. The zero-order valence-corrected chi connectivity index (χ0v) is 13.5. The fourth-order valence-electron chi connectivity index (χ4n) is 2.12. The summed E-state index contributed by atoms with van der Waals surface area (Å²) in [6.07, 6.45) is 0.485. The van der Waals surface area contributed by atoms with E-state index in [2.05, 4.69) is 28.0 Å². The minimum Gasteiger partial charge on any atom is -0.494 e. The Kier molecular flexibility index (Phi) is 5.49. The van der Waals surface area contributed by atoms with Crippen molar-refractivity contribution in [2.75, 3.05) is 7.11 Å². The van der Waals surface area contributed by atoms with Crippen LogP contribution in [0.1, 0.15) is 17.2 Å². The molecule has 1 unspecified atom stereocenters. The number of halogens is 3. The molecule has 0 amide bonds. The zero-order chi connectivity index (χ0) is 15.4. The van der Waals surface area contributed by atoms with E-state index in [-0.39, 0.29) is 17.6 Å². The Balaban J connectivity index is 2.24. The van der Waals surface area contributed by atoms with Crippen LogP contribution < -0.4 is 16.0 Å². The predicted molar refractivity (Wildman–Crippen MR) is 85.8 cm³/mol. The van der Waals surface area contributed by atoms with Gasteiger partial charge in [-0.25, -0.2) is 8.78 Å². The number of hydrogen-bond donors (Lipinski definition) is 2. The Hall–Kier alpha value is -1.25. The van der Waals surface area contributed by atoms with Crippen molar-refractivity contribution in [1.82, 2.24) is 5.43 Å². The second-order valence-corrected chi connectivity index (χ2v) is 5.72. The van der Waals surface area contributed by atoms with Gasteiger partial charge in [0.1, 0.15) is 5.82 Å². The molecule has 0 aromatic heterocycles. The third kappa shape index (κ3) is 3.90. The molecule has 2 aromatic rings. The first-order valence-corrected chi connectivity index (χ1v) is 7.36. The highest BCUT2D eigenvalue weighted by molar-refractivity contribution is 14.1. The number of methoxy groups -OCH3 is 1. The minimum absolute atomic E-state index is 0.201. The number of ether oxygens (including phenoxy) is 1. The fourth-order valence-corrected chi connectivity index (χ4v) is 2.97. The van der Waals surface area contributed by atoms with E-state index < -0.39 is 5.82 Å². The molecule has 0 saturated carbocycles. The van der Waals surface area contributed by atoms with Gasteiger partial charge in [0, 0.05) is 3.57 Å². The van der Waals surface area contributed by atoms with Crippen molar-refractivity contribution in [3.8, 4) is 5.75 Å². The van der Waals surface area contributed by atoms with E-state index in [1.165, 1.54) is 25.3 Å². The smallest absolute Gasteiger partial charge is 0.165 e. The van der Waals surface area contributed by atoms with Crippen LogP contribution in [0.4, 0.5) is 8.78 Å². The summed E-state index contributed by atoms with van der Waals surface area (Å²) in [5.74, 6) is 5.08. The van der Waals surface area contributed by atoms with Crippen LogP contribution in [-0.2, 0) is 6.42 Å². The van der Waals surface area contributed by atoms with Crippen molar-refractivity contribution in [2.24, 2.45) is 5.84 Å². The molecule has 0 heterocycles. The maximum absolute atomic E-state index is 13.7. The highest BCUT2D eigenvalue weighted by atomic mass is 127. The SMILES string of the molecule is COc1ccc(CC(NN)c2ccc(F)cc2I)cc1F. The molecule has 1 atom stereocenters. The van der Waals surface area contributed by atoms with Gasteiger partial charge >= 0.3 is 0 Å². The van der Waals surface area contributed by atoms with Crippen molar-refractivity contribution in [2.45, 2.75) is 12.5 Å². The molecule has 0 aliphatic rings. The Bertz CT molecular complexity index is 637. The van der Waals surface area contributed by atoms with Crippen LogP contribution >= 0.6 is 22.6 Å². The minimum atomic E-state index is -0.417. The van der Waals surface area contributed by atoms with Gasteiger partial charge in [-0.1, -0.05) is 12.1 Å². The quantitative estimate of drug-likeness (QED) is 0.457. The molecule has 2 aromatic carbocycles. The molecule has 3 nitrogen and oxygen atoms in total. The second-order valence-electron chi connectivity index (χ2n) is 4.56. The van der Waals surface area contributed by atoms with E-state index in [0.717, 1.165) is 14.7 Å². The van der Waals surface area contributed by atoms with Gasteiger partial charge in [-0.05, 0) is 64.4 Å². The summed E-state index contributed by atoms with van der Waals surface area (Å²) < 4.78 is 32.5. The van der Waals surface area contributed by atoms with E-state index in [0.29, 0.717) is 6.42 Å². The van der Waals surface area contributed by atoms with Crippen molar-refractivity contribution in [1.29, 1.82) is 0 Å².